The molecule has 0 spiro atoms. The van der Waals surface area contributed by atoms with E-state index in [0.29, 0.717) is 6.54 Å². The van der Waals surface area contributed by atoms with Crippen molar-refractivity contribution in [3.05, 3.63) is 77.9 Å². The second-order valence-electron chi connectivity index (χ2n) is 5.21. The monoisotopic (exact) mass is 277 g/mol. The summed E-state index contributed by atoms with van der Waals surface area (Å²) in [4.78, 5) is 0. The fourth-order valence-corrected chi connectivity index (χ4v) is 2.59. The zero-order valence-corrected chi connectivity index (χ0v) is 12.1. The van der Waals surface area contributed by atoms with Crippen LogP contribution in [0.5, 0.6) is 5.75 Å². The van der Waals surface area contributed by atoms with Gasteiger partial charge in [0.15, 0.2) is 0 Å². The van der Waals surface area contributed by atoms with Crippen LogP contribution in [0.1, 0.15) is 17.2 Å². The van der Waals surface area contributed by atoms with E-state index in [4.69, 9.17) is 10.5 Å². The molecule has 0 heterocycles. The highest BCUT2D eigenvalue weighted by molar-refractivity contribution is 5.83. The third kappa shape index (κ3) is 2.91. The molecule has 2 nitrogen and oxygen atoms in total. The van der Waals surface area contributed by atoms with Gasteiger partial charge in [0, 0.05) is 6.54 Å². The van der Waals surface area contributed by atoms with Crippen molar-refractivity contribution in [2.24, 2.45) is 5.73 Å². The molecule has 2 heteroatoms. The minimum atomic E-state index is -0.118. The molecule has 3 rings (SSSR count). The second kappa shape index (κ2) is 5.98. The summed E-state index contributed by atoms with van der Waals surface area (Å²) in [6.07, 6.45) is -0.118. The highest BCUT2D eigenvalue weighted by atomic mass is 16.5. The van der Waals surface area contributed by atoms with Gasteiger partial charge < -0.3 is 10.5 Å². The minimum absolute atomic E-state index is 0.118. The molecule has 0 saturated heterocycles. The molecule has 0 fully saturated rings. The van der Waals surface area contributed by atoms with Crippen molar-refractivity contribution in [1.29, 1.82) is 0 Å². The fraction of sp³-hybridized carbons (Fsp3) is 0.158. The van der Waals surface area contributed by atoms with E-state index in [9.17, 15) is 0 Å². The topological polar surface area (TPSA) is 35.2 Å². The van der Waals surface area contributed by atoms with E-state index >= 15 is 0 Å². The molecule has 0 aliphatic carbocycles. The molecular formula is C19H19NO. The molecular weight excluding hydrogens is 258 g/mol. The highest BCUT2D eigenvalue weighted by Gasteiger charge is 2.13. The van der Waals surface area contributed by atoms with E-state index in [1.165, 1.54) is 16.3 Å². The molecule has 0 aliphatic heterocycles. The first-order valence-corrected chi connectivity index (χ1v) is 7.19. The summed E-state index contributed by atoms with van der Waals surface area (Å²) in [5.74, 6) is 0.854. The van der Waals surface area contributed by atoms with Crippen molar-refractivity contribution in [2.45, 2.75) is 13.0 Å². The first-order valence-electron chi connectivity index (χ1n) is 7.19. The summed E-state index contributed by atoms with van der Waals surface area (Å²) in [5.41, 5.74) is 8.26. The first-order chi connectivity index (χ1) is 10.3. The molecule has 0 saturated carbocycles. The average molecular weight is 277 g/mol. The maximum absolute atomic E-state index is 6.11. The van der Waals surface area contributed by atoms with E-state index in [-0.39, 0.29) is 6.10 Å². The molecule has 0 aliphatic rings. The standard InChI is InChI=1S/C19H19NO/c1-14-6-2-5-9-18(14)19(13-20)21-17-11-10-15-7-3-4-8-16(15)12-17/h2-12,19H,13,20H2,1H3. The largest absolute Gasteiger partial charge is 0.484 e. The number of rotatable bonds is 4. The molecule has 3 aromatic rings. The lowest BCUT2D eigenvalue weighted by atomic mass is 10.0. The van der Waals surface area contributed by atoms with Crippen LogP contribution in [0.2, 0.25) is 0 Å². The second-order valence-corrected chi connectivity index (χ2v) is 5.21. The van der Waals surface area contributed by atoms with Crippen molar-refractivity contribution >= 4 is 10.8 Å². The number of aryl methyl sites for hydroxylation is 1. The Kier molecular flexibility index (Phi) is 3.89. The van der Waals surface area contributed by atoms with Gasteiger partial charge in [-0.25, -0.2) is 0 Å². The van der Waals surface area contributed by atoms with Crippen LogP contribution < -0.4 is 10.5 Å². The van der Waals surface area contributed by atoms with Crippen LogP contribution in [-0.2, 0) is 0 Å². The van der Waals surface area contributed by atoms with Crippen LogP contribution in [0, 0.1) is 6.92 Å². The summed E-state index contributed by atoms with van der Waals surface area (Å²) in [5, 5.41) is 2.39. The zero-order valence-electron chi connectivity index (χ0n) is 12.1. The third-order valence-electron chi connectivity index (χ3n) is 3.75. The van der Waals surface area contributed by atoms with Crippen molar-refractivity contribution in [2.75, 3.05) is 6.54 Å². The van der Waals surface area contributed by atoms with Crippen molar-refractivity contribution in [1.82, 2.24) is 0 Å². The molecule has 0 radical (unpaired) electrons. The van der Waals surface area contributed by atoms with Crippen LogP contribution in [0.4, 0.5) is 0 Å². The van der Waals surface area contributed by atoms with Crippen LogP contribution in [0.25, 0.3) is 10.8 Å². The molecule has 2 N–H and O–H groups in total. The number of hydrogen-bond donors (Lipinski definition) is 1. The lowest BCUT2D eigenvalue weighted by Crippen LogP contribution is -2.19. The van der Waals surface area contributed by atoms with Gasteiger partial charge in [-0.05, 0) is 41.0 Å². The maximum atomic E-state index is 6.11. The average Bonchev–Trinajstić information content (AvgIpc) is 2.53. The fourth-order valence-electron chi connectivity index (χ4n) is 2.59. The van der Waals surface area contributed by atoms with Crippen LogP contribution in [0.3, 0.4) is 0 Å². The van der Waals surface area contributed by atoms with Crippen LogP contribution in [0.15, 0.2) is 66.7 Å². The zero-order chi connectivity index (χ0) is 14.7. The Balaban J connectivity index is 1.90. The quantitative estimate of drug-likeness (QED) is 0.774. The highest BCUT2D eigenvalue weighted by Crippen LogP contribution is 2.26. The SMILES string of the molecule is Cc1ccccc1C(CN)Oc1ccc2ccccc2c1. The molecule has 3 aromatic carbocycles. The molecule has 1 unspecified atom stereocenters. The Morgan fingerprint density at radius 1 is 0.905 bits per heavy atom. The Hall–Kier alpha value is -2.32. The van der Waals surface area contributed by atoms with E-state index in [0.717, 1.165) is 11.3 Å². The van der Waals surface area contributed by atoms with Gasteiger partial charge in [0.05, 0.1) is 0 Å². The predicted octanol–water partition coefficient (Wildman–Crippen LogP) is 4.23. The normalized spacial score (nSPS) is 12.3. The van der Waals surface area contributed by atoms with Crippen LogP contribution in [-0.4, -0.2) is 6.54 Å². The maximum Gasteiger partial charge on any atom is 0.136 e. The third-order valence-corrected chi connectivity index (χ3v) is 3.75. The van der Waals surface area contributed by atoms with E-state index in [2.05, 4.69) is 43.3 Å². The molecule has 1 atom stereocenters. The van der Waals surface area contributed by atoms with Gasteiger partial charge in [-0.15, -0.1) is 0 Å². The van der Waals surface area contributed by atoms with Gasteiger partial charge in [-0.3, -0.25) is 0 Å². The molecule has 106 valence electrons. The smallest absolute Gasteiger partial charge is 0.136 e. The summed E-state index contributed by atoms with van der Waals surface area (Å²) in [7, 11) is 0. The molecule has 0 aromatic heterocycles. The Morgan fingerprint density at radius 2 is 1.62 bits per heavy atom. The Morgan fingerprint density at radius 3 is 2.38 bits per heavy atom. The summed E-state index contributed by atoms with van der Waals surface area (Å²) < 4.78 is 6.11. The molecule has 0 bridgehead atoms. The van der Waals surface area contributed by atoms with Gasteiger partial charge in [-0.1, -0.05) is 54.6 Å². The summed E-state index contributed by atoms with van der Waals surface area (Å²) in [6, 6.07) is 22.6. The Bertz CT molecular complexity index is 751. The Labute approximate surface area is 125 Å². The predicted molar refractivity (Wildman–Crippen MR) is 87.6 cm³/mol. The first kappa shape index (κ1) is 13.7. The van der Waals surface area contributed by atoms with E-state index < -0.39 is 0 Å². The van der Waals surface area contributed by atoms with E-state index in [1.54, 1.807) is 0 Å². The van der Waals surface area contributed by atoms with Crippen molar-refractivity contribution in [3.8, 4) is 5.75 Å². The van der Waals surface area contributed by atoms with Crippen LogP contribution >= 0.6 is 0 Å². The van der Waals surface area contributed by atoms with Gasteiger partial charge >= 0.3 is 0 Å². The van der Waals surface area contributed by atoms with E-state index in [1.807, 2.05) is 30.3 Å². The molecule has 0 amide bonds. The molecule has 21 heavy (non-hydrogen) atoms. The van der Waals surface area contributed by atoms with Crippen molar-refractivity contribution < 1.29 is 4.74 Å². The van der Waals surface area contributed by atoms with Gasteiger partial charge in [0.25, 0.3) is 0 Å². The number of fused-ring (bicyclic) bond motifs is 1. The minimum Gasteiger partial charge on any atom is -0.484 e. The van der Waals surface area contributed by atoms with Crippen molar-refractivity contribution in [3.63, 3.8) is 0 Å². The van der Waals surface area contributed by atoms with Gasteiger partial charge in [0.1, 0.15) is 11.9 Å². The number of ether oxygens (including phenoxy) is 1. The summed E-state index contributed by atoms with van der Waals surface area (Å²) >= 11 is 0. The summed E-state index contributed by atoms with van der Waals surface area (Å²) in [6.45, 7) is 2.54. The number of hydrogen-bond acceptors (Lipinski definition) is 2. The number of nitrogens with two attached hydrogens (primary N) is 1. The van der Waals surface area contributed by atoms with Gasteiger partial charge in [0.2, 0.25) is 0 Å². The number of benzene rings is 3. The van der Waals surface area contributed by atoms with Gasteiger partial charge in [-0.2, -0.15) is 0 Å². The lowest BCUT2D eigenvalue weighted by molar-refractivity contribution is 0.214. The lowest BCUT2D eigenvalue weighted by Gasteiger charge is -2.20.